The van der Waals surface area contributed by atoms with Crippen molar-refractivity contribution in [2.75, 3.05) is 13.2 Å². The van der Waals surface area contributed by atoms with Gasteiger partial charge in [-0.15, -0.1) is 0 Å². The van der Waals surface area contributed by atoms with E-state index >= 15 is 0 Å². The maximum Gasteiger partial charge on any atom is 0.365 e. The molecule has 0 radical (unpaired) electrons. The van der Waals surface area contributed by atoms with Crippen LogP contribution in [0.2, 0.25) is 0 Å². The average molecular weight is 246 g/mol. The normalized spacial score (nSPS) is 12.4. The topological polar surface area (TPSA) is 87.0 Å². The molecule has 0 aromatic heterocycles. The van der Waals surface area contributed by atoms with Gasteiger partial charge in [0.05, 0.1) is 0 Å². The lowest BCUT2D eigenvalue weighted by molar-refractivity contribution is 0.291. The van der Waals surface area contributed by atoms with E-state index in [-0.39, 0.29) is 13.2 Å². The highest BCUT2D eigenvalue weighted by Gasteiger charge is 2.10. The second-order valence-electron chi connectivity index (χ2n) is 3.21. The predicted molar refractivity (Wildman–Crippen MR) is 59.9 cm³/mol. The summed E-state index contributed by atoms with van der Waals surface area (Å²) in [5, 5.41) is 17.8. The van der Waals surface area contributed by atoms with Crippen molar-refractivity contribution in [2.45, 2.75) is 12.8 Å². The average Bonchev–Trinajstić information content (AvgIpc) is 2.22. The predicted octanol–water partition coefficient (Wildman–Crippen LogP) is 0.517. The van der Waals surface area contributed by atoms with E-state index < -0.39 is 8.25 Å². The highest BCUT2D eigenvalue weighted by molar-refractivity contribution is 7.32. The molecule has 0 aliphatic heterocycles. The van der Waals surface area contributed by atoms with Gasteiger partial charge >= 0.3 is 8.25 Å². The maximum atomic E-state index is 10.6. The largest absolute Gasteiger partial charge is 0.426 e. The quantitative estimate of drug-likeness (QED) is 0.637. The van der Waals surface area contributed by atoms with Crippen molar-refractivity contribution in [3.8, 4) is 5.75 Å². The third-order valence-electron chi connectivity index (χ3n) is 2.17. The molecule has 3 N–H and O–H groups in total. The van der Waals surface area contributed by atoms with Crippen LogP contribution in [-0.4, -0.2) is 28.3 Å². The first kappa shape index (κ1) is 13.2. The first-order valence-electron chi connectivity index (χ1n) is 4.92. The number of rotatable bonds is 6. The molecule has 1 rings (SSSR count). The van der Waals surface area contributed by atoms with Gasteiger partial charge in [0.25, 0.3) is 0 Å². The minimum atomic E-state index is -3.05. The zero-order valence-corrected chi connectivity index (χ0v) is 9.72. The minimum Gasteiger partial charge on any atom is -0.426 e. The second-order valence-corrected chi connectivity index (χ2v) is 3.94. The van der Waals surface area contributed by atoms with E-state index in [9.17, 15) is 4.57 Å². The van der Waals surface area contributed by atoms with Crippen LogP contribution >= 0.6 is 8.25 Å². The molecule has 1 aromatic carbocycles. The van der Waals surface area contributed by atoms with Crippen LogP contribution in [0.15, 0.2) is 18.2 Å². The number of hydrogen-bond donors (Lipinski definition) is 3. The number of benzene rings is 1. The smallest absolute Gasteiger partial charge is 0.365 e. The minimum absolute atomic E-state index is 0.0177. The van der Waals surface area contributed by atoms with Crippen LogP contribution in [0, 0.1) is 0 Å². The van der Waals surface area contributed by atoms with E-state index in [0.717, 1.165) is 5.56 Å². The first-order valence-corrected chi connectivity index (χ1v) is 6.18. The van der Waals surface area contributed by atoms with Gasteiger partial charge in [0, 0.05) is 18.8 Å². The maximum absolute atomic E-state index is 10.6. The molecule has 0 amide bonds. The summed E-state index contributed by atoms with van der Waals surface area (Å²) < 4.78 is 15.4. The van der Waals surface area contributed by atoms with Gasteiger partial charge in [0.2, 0.25) is 0 Å². The molecular formula is C10H15O5P. The van der Waals surface area contributed by atoms with E-state index in [0.29, 0.717) is 24.2 Å². The molecule has 6 heteroatoms. The molecule has 5 nitrogen and oxygen atoms in total. The summed E-state index contributed by atoms with van der Waals surface area (Å²) in [4.78, 5) is 8.73. The number of aliphatic hydroxyl groups excluding tert-OH is 2. The Morgan fingerprint density at radius 2 is 1.88 bits per heavy atom. The third kappa shape index (κ3) is 3.61. The van der Waals surface area contributed by atoms with E-state index in [2.05, 4.69) is 0 Å². The van der Waals surface area contributed by atoms with Crippen LogP contribution in [0.4, 0.5) is 0 Å². The summed E-state index contributed by atoms with van der Waals surface area (Å²) in [6.45, 7) is -0.0959. The van der Waals surface area contributed by atoms with Crippen LogP contribution in [0.25, 0.3) is 0 Å². The van der Waals surface area contributed by atoms with Gasteiger partial charge in [-0.2, -0.15) is 0 Å². The Morgan fingerprint density at radius 1 is 1.19 bits per heavy atom. The van der Waals surface area contributed by atoms with Crippen molar-refractivity contribution in [3.05, 3.63) is 29.3 Å². The number of aliphatic hydroxyl groups is 2. The molecule has 1 unspecified atom stereocenters. The fourth-order valence-electron chi connectivity index (χ4n) is 1.55. The van der Waals surface area contributed by atoms with Gasteiger partial charge in [-0.1, -0.05) is 12.1 Å². The van der Waals surface area contributed by atoms with Crippen molar-refractivity contribution in [2.24, 2.45) is 0 Å². The summed E-state index contributed by atoms with van der Waals surface area (Å²) in [6, 6.07) is 5.05. The molecule has 0 saturated heterocycles. The van der Waals surface area contributed by atoms with E-state index in [4.69, 9.17) is 19.6 Å². The molecule has 0 fully saturated rings. The second kappa shape index (κ2) is 6.66. The van der Waals surface area contributed by atoms with E-state index in [1.165, 1.54) is 0 Å². The summed E-state index contributed by atoms with van der Waals surface area (Å²) in [7, 11) is -3.05. The van der Waals surface area contributed by atoms with Gasteiger partial charge in [-0.05, 0) is 24.5 Å². The van der Waals surface area contributed by atoms with Gasteiger partial charge < -0.3 is 19.6 Å². The van der Waals surface area contributed by atoms with Gasteiger partial charge in [-0.25, -0.2) is 4.57 Å². The third-order valence-corrected chi connectivity index (χ3v) is 2.56. The lowest BCUT2D eigenvalue weighted by Crippen LogP contribution is -2.02. The summed E-state index contributed by atoms with van der Waals surface area (Å²) in [6.07, 6.45) is 0.763. The number of hydrogen-bond acceptors (Lipinski definition) is 4. The molecule has 1 aromatic rings. The zero-order chi connectivity index (χ0) is 12.0. The molecule has 0 saturated carbocycles. The Morgan fingerprint density at radius 3 is 2.44 bits per heavy atom. The standard InChI is InChI=1S/C10H15O5P/c11-6-4-8-2-1-3-10(15-16(13)14)9(8)5-7-12/h1-3,11-12,16H,4-7H2,(H,13,14). The molecule has 0 aliphatic carbocycles. The molecule has 16 heavy (non-hydrogen) atoms. The molecule has 1 atom stereocenters. The summed E-state index contributed by atoms with van der Waals surface area (Å²) in [5.41, 5.74) is 1.49. The Labute approximate surface area is 94.3 Å². The molecule has 0 bridgehead atoms. The van der Waals surface area contributed by atoms with E-state index in [1.807, 2.05) is 0 Å². The van der Waals surface area contributed by atoms with Crippen molar-refractivity contribution < 1.29 is 24.2 Å². The van der Waals surface area contributed by atoms with Crippen molar-refractivity contribution in [3.63, 3.8) is 0 Å². The molecule has 90 valence electrons. The fraction of sp³-hybridized carbons (Fsp3) is 0.400. The highest BCUT2D eigenvalue weighted by Crippen LogP contribution is 2.29. The first-order chi connectivity index (χ1) is 7.69. The zero-order valence-electron chi connectivity index (χ0n) is 8.72. The summed E-state index contributed by atoms with van der Waals surface area (Å²) >= 11 is 0. The van der Waals surface area contributed by atoms with E-state index in [1.54, 1.807) is 18.2 Å². The Bertz CT molecular complexity index is 366. The molecule has 0 spiro atoms. The van der Waals surface area contributed by atoms with Gasteiger partial charge in [0.1, 0.15) is 5.75 Å². The lowest BCUT2D eigenvalue weighted by Gasteiger charge is -2.12. The van der Waals surface area contributed by atoms with Crippen LogP contribution in [0.5, 0.6) is 5.75 Å². The van der Waals surface area contributed by atoms with Gasteiger partial charge in [-0.3, -0.25) is 0 Å². The highest BCUT2D eigenvalue weighted by atomic mass is 31.1. The summed E-state index contributed by atoms with van der Waals surface area (Å²) in [5.74, 6) is 0.298. The molecule has 0 heterocycles. The molecule has 0 aliphatic rings. The Hall–Kier alpha value is -0.870. The van der Waals surface area contributed by atoms with Gasteiger partial charge in [0.15, 0.2) is 0 Å². The Kier molecular flexibility index (Phi) is 5.49. The van der Waals surface area contributed by atoms with Crippen LogP contribution < -0.4 is 4.52 Å². The Balaban J connectivity index is 3.04. The fourth-order valence-corrected chi connectivity index (χ4v) is 1.93. The van der Waals surface area contributed by atoms with Crippen molar-refractivity contribution >= 4 is 8.25 Å². The molecular weight excluding hydrogens is 231 g/mol. The lowest BCUT2D eigenvalue weighted by atomic mass is 10.0. The monoisotopic (exact) mass is 246 g/mol. The van der Waals surface area contributed by atoms with Crippen LogP contribution in [0.1, 0.15) is 11.1 Å². The van der Waals surface area contributed by atoms with Crippen LogP contribution in [0.3, 0.4) is 0 Å². The van der Waals surface area contributed by atoms with Crippen LogP contribution in [-0.2, 0) is 17.4 Å². The van der Waals surface area contributed by atoms with Crippen molar-refractivity contribution in [1.82, 2.24) is 0 Å². The SMILES string of the molecule is O=[PH](O)Oc1cccc(CCO)c1CCO. The van der Waals surface area contributed by atoms with Crippen molar-refractivity contribution in [1.29, 1.82) is 0 Å².